The van der Waals surface area contributed by atoms with Crippen molar-refractivity contribution in [2.24, 2.45) is 0 Å². The molecule has 2 heterocycles. The molecule has 3 unspecified atom stereocenters. The van der Waals surface area contributed by atoms with Crippen LogP contribution in [0.25, 0.3) is 0 Å². The number of nitrogens with one attached hydrogen (secondary N) is 1. The summed E-state index contributed by atoms with van der Waals surface area (Å²) in [5.41, 5.74) is 0. The van der Waals surface area contributed by atoms with Crippen LogP contribution in [-0.2, 0) is 4.74 Å². The third-order valence-corrected chi connectivity index (χ3v) is 4.19. The number of hydrogen-bond acceptors (Lipinski definition) is 4. The van der Waals surface area contributed by atoms with Gasteiger partial charge in [0.15, 0.2) is 0 Å². The van der Waals surface area contributed by atoms with Crippen LogP contribution in [0.4, 0.5) is 0 Å². The maximum atomic E-state index is 5.67. The highest BCUT2D eigenvalue weighted by molar-refractivity contribution is 4.92. The zero-order valence-electron chi connectivity index (χ0n) is 11.5. The van der Waals surface area contributed by atoms with E-state index in [9.17, 15) is 0 Å². The fourth-order valence-electron chi connectivity index (χ4n) is 3.07. The van der Waals surface area contributed by atoms with Crippen molar-refractivity contribution in [3.63, 3.8) is 0 Å². The van der Waals surface area contributed by atoms with Gasteiger partial charge in [-0.25, -0.2) is 0 Å². The first-order chi connectivity index (χ1) is 8.22. The van der Waals surface area contributed by atoms with E-state index in [1.54, 1.807) is 0 Å². The fraction of sp³-hybridized carbons (Fsp3) is 1.00. The molecule has 2 rings (SSSR count). The average Bonchev–Trinajstić information content (AvgIpc) is 2.79. The maximum Gasteiger partial charge on any atom is 0.0637 e. The topological polar surface area (TPSA) is 27.7 Å². The minimum atomic E-state index is 0.577. The molecule has 0 aromatic carbocycles. The Kier molecular flexibility index (Phi) is 4.79. The van der Waals surface area contributed by atoms with Gasteiger partial charge in [0.1, 0.15) is 0 Å². The van der Waals surface area contributed by atoms with Gasteiger partial charge in [0.2, 0.25) is 0 Å². The van der Waals surface area contributed by atoms with Gasteiger partial charge in [-0.15, -0.1) is 0 Å². The van der Waals surface area contributed by atoms with Gasteiger partial charge in [0.25, 0.3) is 0 Å². The minimum absolute atomic E-state index is 0.577. The van der Waals surface area contributed by atoms with Gasteiger partial charge in [-0.2, -0.15) is 0 Å². The molecule has 0 bridgehead atoms. The van der Waals surface area contributed by atoms with Crippen LogP contribution < -0.4 is 5.32 Å². The molecular weight excluding hydrogens is 214 g/mol. The van der Waals surface area contributed by atoms with Gasteiger partial charge in [-0.3, -0.25) is 4.90 Å². The van der Waals surface area contributed by atoms with Gasteiger partial charge in [0.05, 0.1) is 6.61 Å². The molecule has 0 aromatic rings. The highest BCUT2D eigenvalue weighted by Crippen LogP contribution is 2.21. The lowest BCUT2D eigenvalue weighted by Crippen LogP contribution is -2.55. The molecule has 100 valence electrons. The predicted octanol–water partition coefficient (Wildman–Crippen LogP) is 0.389. The summed E-state index contributed by atoms with van der Waals surface area (Å²) < 4.78 is 5.67. The number of rotatable bonds is 4. The summed E-state index contributed by atoms with van der Waals surface area (Å²) in [4.78, 5) is 4.98. The highest BCUT2D eigenvalue weighted by Gasteiger charge is 2.35. The molecule has 2 aliphatic rings. The lowest BCUT2D eigenvalue weighted by Gasteiger charge is -2.38. The Morgan fingerprint density at radius 1 is 1.35 bits per heavy atom. The Hall–Kier alpha value is -0.160. The molecule has 0 amide bonds. The second kappa shape index (κ2) is 6.14. The number of nitrogens with zero attached hydrogens (tertiary/aromatic N) is 2. The standard InChI is InChI=1S/C13H27N3O/c1-4-14-12-6-8-17-10-13(12)16-7-5-11(9-16)15(2)3/h11-14H,4-10H2,1-3H3. The summed E-state index contributed by atoms with van der Waals surface area (Å²) in [6, 6.07) is 1.92. The second-order valence-corrected chi connectivity index (χ2v) is 5.50. The molecule has 1 N–H and O–H groups in total. The van der Waals surface area contributed by atoms with Crippen LogP contribution in [0.2, 0.25) is 0 Å². The Balaban J connectivity index is 1.91. The van der Waals surface area contributed by atoms with Crippen LogP contribution in [0.5, 0.6) is 0 Å². The molecule has 2 fully saturated rings. The fourth-order valence-corrected chi connectivity index (χ4v) is 3.07. The van der Waals surface area contributed by atoms with Crippen molar-refractivity contribution in [2.75, 3.05) is 46.9 Å². The summed E-state index contributed by atoms with van der Waals surface area (Å²) in [6.07, 6.45) is 2.45. The van der Waals surface area contributed by atoms with Crippen LogP contribution in [0.3, 0.4) is 0 Å². The molecule has 0 aromatic heterocycles. The van der Waals surface area contributed by atoms with E-state index in [0.717, 1.165) is 32.2 Å². The Labute approximate surface area is 105 Å². The zero-order valence-corrected chi connectivity index (χ0v) is 11.5. The van der Waals surface area contributed by atoms with Crippen LogP contribution in [0, 0.1) is 0 Å². The molecule has 2 aliphatic heterocycles. The van der Waals surface area contributed by atoms with Crippen molar-refractivity contribution >= 4 is 0 Å². The van der Waals surface area contributed by atoms with Gasteiger partial charge in [0, 0.05) is 37.8 Å². The van der Waals surface area contributed by atoms with E-state index < -0.39 is 0 Å². The van der Waals surface area contributed by atoms with Crippen LogP contribution in [0.1, 0.15) is 19.8 Å². The summed E-state index contributed by atoms with van der Waals surface area (Å²) in [5, 5.41) is 3.62. The van der Waals surface area contributed by atoms with E-state index in [0.29, 0.717) is 12.1 Å². The second-order valence-electron chi connectivity index (χ2n) is 5.50. The zero-order chi connectivity index (χ0) is 12.3. The molecule has 17 heavy (non-hydrogen) atoms. The monoisotopic (exact) mass is 241 g/mol. The normalized spacial score (nSPS) is 35.6. The molecule has 4 heteroatoms. The molecular formula is C13H27N3O. The third-order valence-electron chi connectivity index (χ3n) is 4.19. The molecule has 0 aliphatic carbocycles. The van der Waals surface area contributed by atoms with Gasteiger partial charge in [-0.1, -0.05) is 6.92 Å². The van der Waals surface area contributed by atoms with Crippen molar-refractivity contribution in [1.29, 1.82) is 0 Å². The smallest absolute Gasteiger partial charge is 0.0637 e. The molecule has 3 atom stereocenters. The lowest BCUT2D eigenvalue weighted by atomic mass is 10.0. The van der Waals surface area contributed by atoms with E-state index in [4.69, 9.17) is 4.74 Å². The van der Waals surface area contributed by atoms with Crippen molar-refractivity contribution in [3.8, 4) is 0 Å². The maximum absolute atomic E-state index is 5.67. The molecule has 0 spiro atoms. The van der Waals surface area contributed by atoms with E-state index in [2.05, 4.69) is 36.1 Å². The summed E-state index contributed by atoms with van der Waals surface area (Å²) >= 11 is 0. The number of likely N-dealkylation sites (tertiary alicyclic amines) is 1. The molecule has 2 saturated heterocycles. The van der Waals surface area contributed by atoms with Gasteiger partial charge in [-0.05, 0) is 33.5 Å². The SMILES string of the molecule is CCNC1CCOCC1N1CCC(N(C)C)C1. The minimum Gasteiger partial charge on any atom is -0.380 e. The molecule has 0 saturated carbocycles. The number of ether oxygens (including phenoxy) is 1. The Bertz CT molecular complexity index is 233. The largest absolute Gasteiger partial charge is 0.380 e. The van der Waals surface area contributed by atoms with Crippen molar-refractivity contribution in [2.45, 2.75) is 37.9 Å². The number of hydrogen-bond donors (Lipinski definition) is 1. The van der Waals surface area contributed by atoms with Crippen LogP contribution in [0.15, 0.2) is 0 Å². The van der Waals surface area contributed by atoms with Gasteiger partial charge >= 0.3 is 0 Å². The van der Waals surface area contributed by atoms with Crippen LogP contribution in [-0.4, -0.2) is 74.9 Å². The predicted molar refractivity (Wildman–Crippen MR) is 70.4 cm³/mol. The first kappa shape index (κ1) is 13.3. The highest BCUT2D eigenvalue weighted by atomic mass is 16.5. The average molecular weight is 241 g/mol. The Morgan fingerprint density at radius 2 is 2.18 bits per heavy atom. The summed E-state index contributed by atoms with van der Waals surface area (Å²) in [7, 11) is 4.38. The van der Waals surface area contributed by atoms with Crippen molar-refractivity contribution < 1.29 is 4.74 Å². The Morgan fingerprint density at radius 3 is 2.82 bits per heavy atom. The molecule has 4 nitrogen and oxygen atoms in total. The van der Waals surface area contributed by atoms with Crippen molar-refractivity contribution in [3.05, 3.63) is 0 Å². The summed E-state index contributed by atoms with van der Waals surface area (Å²) in [5.74, 6) is 0. The first-order valence-electron chi connectivity index (χ1n) is 6.94. The number of likely N-dealkylation sites (N-methyl/N-ethyl adjacent to an activating group) is 2. The van der Waals surface area contributed by atoms with Crippen LogP contribution >= 0.6 is 0 Å². The van der Waals surface area contributed by atoms with E-state index in [-0.39, 0.29) is 0 Å². The lowest BCUT2D eigenvalue weighted by molar-refractivity contribution is 0.00380. The van der Waals surface area contributed by atoms with Crippen molar-refractivity contribution in [1.82, 2.24) is 15.1 Å². The first-order valence-corrected chi connectivity index (χ1v) is 6.94. The van der Waals surface area contributed by atoms with E-state index in [1.165, 1.54) is 19.5 Å². The third kappa shape index (κ3) is 3.19. The van der Waals surface area contributed by atoms with E-state index >= 15 is 0 Å². The summed E-state index contributed by atoms with van der Waals surface area (Å²) in [6.45, 7) is 7.49. The quantitative estimate of drug-likeness (QED) is 0.770. The molecule has 0 radical (unpaired) electrons. The van der Waals surface area contributed by atoms with Gasteiger partial charge < -0.3 is 15.0 Å². The van der Waals surface area contributed by atoms with E-state index in [1.807, 2.05) is 0 Å².